The molecule has 1 aromatic rings. The molecule has 0 unspecified atom stereocenters. The van der Waals surface area contributed by atoms with Gasteiger partial charge in [0.15, 0.2) is 0 Å². The molecule has 1 aliphatic heterocycles. The van der Waals surface area contributed by atoms with Gasteiger partial charge < -0.3 is 9.47 Å². The van der Waals surface area contributed by atoms with Gasteiger partial charge in [-0.3, -0.25) is 0 Å². The Morgan fingerprint density at radius 2 is 1.60 bits per heavy atom. The van der Waals surface area contributed by atoms with E-state index in [-0.39, 0.29) is 23.9 Å². The van der Waals surface area contributed by atoms with Gasteiger partial charge in [-0.05, 0) is 25.0 Å². The molecule has 4 atom stereocenters. The summed E-state index contributed by atoms with van der Waals surface area (Å²) in [6.07, 6.45) is 1.59. The summed E-state index contributed by atoms with van der Waals surface area (Å²) in [5, 5.41) is 10.7. The number of carbonyl (C=O) groups excluding carboxylic acids is 2. The van der Waals surface area contributed by atoms with Crippen LogP contribution < -0.4 is 5.01 Å². The largest absolute Gasteiger partial charge is 0.466 e. The number of methoxy groups -OCH3 is 2. The van der Waals surface area contributed by atoms with E-state index < -0.39 is 11.9 Å². The fourth-order valence-corrected chi connectivity index (χ4v) is 4.39. The molecule has 130 valence electrons. The average Bonchev–Trinajstić information content (AvgIpc) is 3.14. The number of ether oxygens (including phenoxy) is 2. The second-order valence-corrected chi connectivity index (χ2v) is 6.47. The van der Waals surface area contributed by atoms with E-state index in [2.05, 4.69) is 10.3 Å². The quantitative estimate of drug-likeness (QED) is 0.788. The van der Waals surface area contributed by atoms with Gasteiger partial charge in [0.25, 0.3) is 0 Å². The Hall–Kier alpha value is -2.70. The van der Waals surface area contributed by atoms with Crippen LogP contribution in [0.4, 0.5) is 5.69 Å². The van der Waals surface area contributed by atoms with Crippen LogP contribution in [-0.4, -0.2) is 38.2 Å². The third kappa shape index (κ3) is 2.26. The van der Waals surface area contributed by atoms with Crippen LogP contribution in [0.3, 0.4) is 0 Å². The average molecular weight is 341 g/mol. The molecule has 0 radical (unpaired) electrons. The number of anilines is 1. The molecule has 4 aliphatic rings. The van der Waals surface area contributed by atoms with E-state index in [1.807, 2.05) is 35.3 Å². The van der Waals surface area contributed by atoms with Gasteiger partial charge in [0.2, 0.25) is 0 Å². The molecule has 7 heteroatoms. The number of rotatable bonds is 3. The molecule has 7 nitrogen and oxygen atoms in total. The highest BCUT2D eigenvalue weighted by atomic mass is 16.5. The van der Waals surface area contributed by atoms with Crippen molar-refractivity contribution in [2.24, 2.45) is 22.2 Å². The maximum atomic E-state index is 12.5. The summed E-state index contributed by atoms with van der Waals surface area (Å²) in [7, 11) is 2.67. The van der Waals surface area contributed by atoms with Crippen molar-refractivity contribution >= 4 is 17.6 Å². The Morgan fingerprint density at radius 1 is 1.00 bits per heavy atom. The molecule has 0 N–H and O–H groups in total. The summed E-state index contributed by atoms with van der Waals surface area (Å²) in [6, 6.07) is 9.52. The Morgan fingerprint density at radius 3 is 2.24 bits per heavy atom. The summed E-state index contributed by atoms with van der Waals surface area (Å²) in [4.78, 5) is 24.8. The Bertz CT molecular complexity index is 774. The predicted molar refractivity (Wildman–Crippen MR) is 88.6 cm³/mol. The molecule has 0 amide bonds. The lowest BCUT2D eigenvalue weighted by Gasteiger charge is -2.46. The number of hydrogen-bond donors (Lipinski definition) is 0. The second-order valence-electron chi connectivity index (χ2n) is 6.47. The minimum atomic E-state index is -0.470. The lowest BCUT2D eigenvalue weighted by atomic mass is 9.61. The molecular weight excluding hydrogens is 322 g/mol. The van der Waals surface area contributed by atoms with Crippen LogP contribution in [0, 0.1) is 11.8 Å². The van der Waals surface area contributed by atoms with E-state index in [0.29, 0.717) is 11.1 Å². The van der Waals surface area contributed by atoms with Gasteiger partial charge in [0, 0.05) is 11.8 Å². The first-order chi connectivity index (χ1) is 12.2. The van der Waals surface area contributed by atoms with Crippen LogP contribution >= 0.6 is 0 Å². The van der Waals surface area contributed by atoms with Crippen LogP contribution in [0.1, 0.15) is 12.8 Å². The van der Waals surface area contributed by atoms with E-state index in [1.54, 1.807) is 0 Å². The van der Waals surface area contributed by atoms with Crippen LogP contribution in [0.5, 0.6) is 0 Å². The molecular formula is C18H19N3O4. The number of esters is 2. The van der Waals surface area contributed by atoms with Crippen LogP contribution in [-0.2, 0) is 19.1 Å². The van der Waals surface area contributed by atoms with E-state index in [1.165, 1.54) is 14.2 Å². The van der Waals surface area contributed by atoms with Crippen molar-refractivity contribution in [1.29, 1.82) is 0 Å². The zero-order chi connectivity index (χ0) is 17.6. The fourth-order valence-electron chi connectivity index (χ4n) is 4.39. The van der Waals surface area contributed by atoms with Crippen molar-refractivity contribution in [1.82, 2.24) is 0 Å². The molecule has 5 rings (SSSR count). The van der Waals surface area contributed by atoms with Gasteiger partial charge in [-0.1, -0.05) is 23.4 Å². The first-order valence-electron chi connectivity index (χ1n) is 8.33. The minimum absolute atomic E-state index is 0.0799. The molecule has 2 bridgehead atoms. The number of benzene rings is 1. The van der Waals surface area contributed by atoms with Gasteiger partial charge in [0.1, 0.15) is 6.04 Å². The SMILES string of the molecule is COC(=O)C1=C(C(=O)OC)[C@H]2CC[C@H]1[C@H]1N=NN(c3ccccc3)[C@@H]12. The van der Waals surface area contributed by atoms with Crippen molar-refractivity contribution in [2.45, 2.75) is 24.9 Å². The number of para-hydroxylation sites is 1. The monoisotopic (exact) mass is 341 g/mol. The summed E-state index contributed by atoms with van der Waals surface area (Å²) in [6.45, 7) is 0. The number of hydrogen-bond acceptors (Lipinski definition) is 7. The first kappa shape index (κ1) is 15.8. The number of fused-ring (bicyclic) bond motifs is 1. The highest BCUT2D eigenvalue weighted by Gasteiger charge is 2.57. The lowest BCUT2D eigenvalue weighted by molar-refractivity contribution is -0.141. The molecule has 25 heavy (non-hydrogen) atoms. The van der Waals surface area contributed by atoms with Gasteiger partial charge >= 0.3 is 11.9 Å². The maximum absolute atomic E-state index is 12.5. The molecule has 1 aromatic carbocycles. The zero-order valence-corrected chi connectivity index (χ0v) is 14.1. The standard InChI is InChI=1S/C18H19N3O4/c1-24-17(22)13-11-8-9-12(14(13)18(23)25-2)16-15(11)19-20-21(16)10-6-4-3-5-7-10/h3-7,11-12,15-16H,8-9H2,1-2H3/t11-,12-,15-,16-/m1/s1. The minimum Gasteiger partial charge on any atom is -0.466 e. The summed E-state index contributed by atoms with van der Waals surface area (Å²) in [5.74, 6) is -1.27. The number of nitrogens with zero attached hydrogens (tertiary/aromatic N) is 3. The molecule has 0 saturated heterocycles. The van der Waals surface area contributed by atoms with Gasteiger partial charge in [-0.15, -0.1) is 0 Å². The summed E-state index contributed by atoms with van der Waals surface area (Å²) < 4.78 is 9.91. The van der Waals surface area contributed by atoms with Crippen molar-refractivity contribution in [2.75, 3.05) is 19.2 Å². The summed E-state index contributed by atoms with van der Waals surface area (Å²) in [5.41, 5.74) is 1.77. The van der Waals surface area contributed by atoms with Crippen molar-refractivity contribution < 1.29 is 19.1 Å². The van der Waals surface area contributed by atoms with E-state index in [4.69, 9.17) is 9.47 Å². The predicted octanol–water partition coefficient (Wildman–Crippen LogP) is 2.29. The maximum Gasteiger partial charge on any atom is 0.334 e. The Balaban J connectivity index is 1.80. The number of carbonyl (C=O) groups is 2. The van der Waals surface area contributed by atoms with E-state index >= 15 is 0 Å². The fraction of sp³-hybridized carbons (Fsp3) is 0.444. The van der Waals surface area contributed by atoms with Crippen molar-refractivity contribution in [3.8, 4) is 0 Å². The van der Waals surface area contributed by atoms with E-state index in [0.717, 1.165) is 18.5 Å². The molecule has 1 fully saturated rings. The molecule has 1 saturated carbocycles. The molecule has 0 spiro atoms. The van der Waals surface area contributed by atoms with Crippen LogP contribution in [0.2, 0.25) is 0 Å². The normalized spacial score (nSPS) is 29.6. The van der Waals surface area contributed by atoms with Crippen molar-refractivity contribution in [3.63, 3.8) is 0 Å². The zero-order valence-electron chi connectivity index (χ0n) is 14.1. The van der Waals surface area contributed by atoms with Gasteiger partial charge in [-0.25, -0.2) is 14.6 Å². The van der Waals surface area contributed by atoms with Gasteiger partial charge in [0.05, 0.1) is 37.1 Å². The molecule has 1 heterocycles. The third-order valence-electron chi connectivity index (χ3n) is 5.39. The Labute approximate surface area is 145 Å². The van der Waals surface area contributed by atoms with Crippen LogP contribution in [0.15, 0.2) is 51.8 Å². The topological polar surface area (TPSA) is 80.6 Å². The smallest absolute Gasteiger partial charge is 0.334 e. The second kappa shape index (κ2) is 5.98. The molecule has 0 aromatic heterocycles. The van der Waals surface area contributed by atoms with Crippen molar-refractivity contribution in [3.05, 3.63) is 41.5 Å². The molecule has 3 aliphatic carbocycles. The lowest BCUT2D eigenvalue weighted by Crippen LogP contribution is -2.55. The van der Waals surface area contributed by atoms with Gasteiger partial charge in [-0.2, -0.15) is 5.11 Å². The van der Waals surface area contributed by atoms with E-state index in [9.17, 15) is 9.59 Å². The van der Waals surface area contributed by atoms with Crippen LogP contribution in [0.25, 0.3) is 0 Å². The highest BCUT2D eigenvalue weighted by Crippen LogP contribution is 2.52. The Kier molecular flexibility index (Phi) is 3.78. The third-order valence-corrected chi connectivity index (χ3v) is 5.39. The first-order valence-corrected chi connectivity index (χ1v) is 8.33. The highest BCUT2D eigenvalue weighted by molar-refractivity contribution is 6.02. The summed E-state index contributed by atoms with van der Waals surface area (Å²) >= 11 is 0.